The van der Waals surface area contributed by atoms with E-state index in [1.807, 2.05) is 24.3 Å². The molecule has 0 N–H and O–H groups in total. The number of hydrogen-bond acceptors (Lipinski definition) is 3. The molecule has 3 heteroatoms. The van der Waals surface area contributed by atoms with Crippen molar-refractivity contribution in [3.05, 3.63) is 65.2 Å². The van der Waals surface area contributed by atoms with E-state index in [0.29, 0.717) is 12.2 Å². The van der Waals surface area contributed by atoms with Crippen LogP contribution in [0.5, 0.6) is 5.75 Å². The van der Waals surface area contributed by atoms with E-state index in [2.05, 4.69) is 23.8 Å². The standard InChI is InChI=1S/C20H24O3/c1-3-5-16-9-13-19(14-10-16)23-15-4-6-17-7-11-18(12-8-17)20(21)22-2/h7-14H,3-6,15H2,1-2H3. The van der Waals surface area contributed by atoms with Crippen molar-refractivity contribution >= 4 is 5.97 Å². The molecule has 0 atom stereocenters. The van der Waals surface area contributed by atoms with Crippen LogP contribution in [0.3, 0.4) is 0 Å². The topological polar surface area (TPSA) is 35.5 Å². The number of benzene rings is 2. The van der Waals surface area contributed by atoms with Gasteiger partial charge in [0, 0.05) is 0 Å². The first kappa shape index (κ1) is 17.1. The molecule has 0 spiro atoms. The number of carbonyl (C=O) groups excluding carboxylic acids is 1. The third-order valence-electron chi connectivity index (χ3n) is 3.72. The molecule has 0 radical (unpaired) electrons. The number of hydrogen-bond donors (Lipinski definition) is 0. The van der Waals surface area contributed by atoms with Gasteiger partial charge in [0.2, 0.25) is 0 Å². The predicted molar refractivity (Wildman–Crippen MR) is 92.0 cm³/mol. The number of methoxy groups -OCH3 is 1. The lowest BCUT2D eigenvalue weighted by Crippen LogP contribution is -2.02. The van der Waals surface area contributed by atoms with Crippen LogP contribution in [0.4, 0.5) is 0 Å². The minimum Gasteiger partial charge on any atom is -0.494 e. The van der Waals surface area contributed by atoms with Gasteiger partial charge in [0.05, 0.1) is 19.3 Å². The molecule has 0 saturated carbocycles. The summed E-state index contributed by atoms with van der Waals surface area (Å²) in [6.07, 6.45) is 4.14. The SMILES string of the molecule is CCCc1ccc(OCCCc2ccc(C(=O)OC)cc2)cc1. The van der Waals surface area contributed by atoms with Crippen LogP contribution in [0.1, 0.15) is 41.3 Å². The fraction of sp³-hybridized carbons (Fsp3) is 0.350. The maximum atomic E-state index is 11.4. The highest BCUT2D eigenvalue weighted by Gasteiger charge is 2.04. The first-order valence-corrected chi connectivity index (χ1v) is 8.12. The molecule has 0 aliphatic carbocycles. The Morgan fingerprint density at radius 3 is 2.13 bits per heavy atom. The van der Waals surface area contributed by atoms with Crippen LogP contribution < -0.4 is 4.74 Å². The molecule has 2 rings (SSSR count). The van der Waals surface area contributed by atoms with E-state index in [1.165, 1.54) is 18.2 Å². The van der Waals surface area contributed by atoms with Gasteiger partial charge in [0.15, 0.2) is 0 Å². The van der Waals surface area contributed by atoms with Crippen molar-refractivity contribution in [1.29, 1.82) is 0 Å². The molecule has 2 aromatic carbocycles. The highest BCUT2D eigenvalue weighted by atomic mass is 16.5. The summed E-state index contributed by atoms with van der Waals surface area (Å²) >= 11 is 0. The quantitative estimate of drug-likeness (QED) is 0.534. The lowest BCUT2D eigenvalue weighted by molar-refractivity contribution is 0.0600. The fourth-order valence-corrected chi connectivity index (χ4v) is 2.43. The average molecular weight is 312 g/mol. The molecule has 0 bridgehead atoms. The molecule has 0 heterocycles. The highest BCUT2D eigenvalue weighted by molar-refractivity contribution is 5.89. The van der Waals surface area contributed by atoms with Crippen molar-refractivity contribution < 1.29 is 14.3 Å². The number of aryl methyl sites for hydroxylation is 2. The van der Waals surface area contributed by atoms with Crippen LogP contribution in [0.25, 0.3) is 0 Å². The zero-order valence-corrected chi connectivity index (χ0v) is 13.9. The van der Waals surface area contributed by atoms with Crippen molar-refractivity contribution in [3.63, 3.8) is 0 Å². The van der Waals surface area contributed by atoms with Crippen molar-refractivity contribution in [2.24, 2.45) is 0 Å². The molecule has 0 saturated heterocycles. The molecule has 0 aromatic heterocycles. The zero-order valence-electron chi connectivity index (χ0n) is 13.9. The van der Waals surface area contributed by atoms with E-state index in [4.69, 9.17) is 4.74 Å². The number of carbonyl (C=O) groups is 1. The Bertz CT molecular complexity index is 600. The summed E-state index contributed by atoms with van der Waals surface area (Å²) in [4.78, 5) is 11.4. The fourth-order valence-electron chi connectivity index (χ4n) is 2.43. The van der Waals surface area contributed by atoms with Crippen molar-refractivity contribution in [2.45, 2.75) is 32.6 Å². The lowest BCUT2D eigenvalue weighted by Gasteiger charge is -2.07. The molecule has 0 amide bonds. The Kier molecular flexibility index (Phi) is 6.67. The molecule has 2 aromatic rings. The Hall–Kier alpha value is -2.29. The zero-order chi connectivity index (χ0) is 16.5. The van der Waals surface area contributed by atoms with Crippen LogP contribution in [0.2, 0.25) is 0 Å². The third kappa shape index (κ3) is 5.44. The summed E-state index contributed by atoms with van der Waals surface area (Å²) in [6.45, 7) is 2.87. The molecule has 23 heavy (non-hydrogen) atoms. The molecular weight excluding hydrogens is 288 g/mol. The second kappa shape index (κ2) is 8.99. The first-order valence-electron chi connectivity index (χ1n) is 8.12. The molecule has 0 aliphatic rings. The van der Waals surface area contributed by atoms with E-state index in [1.54, 1.807) is 12.1 Å². The van der Waals surface area contributed by atoms with E-state index < -0.39 is 0 Å². The minimum atomic E-state index is -0.300. The third-order valence-corrected chi connectivity index (χ3v) is 3.72. The lowest BCUT2D eigenvalue weighted by atomic mass is 10.1. The van der Waals surface area contributed by atoms with Gasteiger partial charge >= 0.3 is 5.97 Å². The van der Waals surface area contributed by atoms with E-state index in [9.17, 15) is 4.79 Å². The number of rotatable bonds is 8. The maximum absolute atomic E-state index is 11.4. The summed E-state index contributed by atoms with van der Waals surface area (Å²) in [5.74, 6) is 0.622. The second-order valence-corrected chi connectivity index (χ2v) is 5.53. The van der Waals surface area contributed by atoms with E-state index in [-0.39, 0.29) is 5.97 Å². The smallest absolute Gasteiger partial charge is 0.337 e. The van der Waals surface area contributed by atoms with Gasteiger partial charge in [-0.05, 0) is 54.7 Å². The van der Waals surface area contributed by atoms with Crippen LogP contribution in [0, 0.1) is 0 Å². The Labute approximate surface area is 138 Å². The molecular formula is C20H24O3. The van der Waals surface area contributed by atoms with E-state index in [0.717, 1.165) is 31.4 Å². The number of esters is 1. The van der Waals surface area contributed by atoms with Gasteiger partial charge in [-0.2, -0.15) is 0 Å². The summed E-state index contributed by atoms with van der Waals surface area (Å²) in [5.41, 5.74) is 3.13. The highest BCUT2D eigenvalue weighted by Crippen LogP contribution is 2.14. The molecule has 122 valence electrons. The van der Waals surface area contributed by atoms with Gasteiger partial charge < -0.3 is 9.47 Å². The molecule has 0 fully saturated rings. The van der Waals surface area contributed by atoms with Gasteiger partial charge in [-0.1, -0.05) is 37.6 Å². The van der Waals surface area contributed by atoms with Gasteiger partial charge in [-0.3, -0.25) is 0 Å². The molecule has 3 nitrogen and oxygen atoms in total. The molecule has 0 unspecified atom stereocenters. The second-order valence-electron chi connectivity index (χ2n) is 5.53. The summed E-state index contributed by atoms with van der Waals surface area (Å²) in [5, 5.41) is 0. The van der Waals surface area contributed by atoms with E-state index >= 15 is 0 Å². The predicted octanol–water partition coefficient (Wildman–Crippen LogP) is 4.44. The van der Waals surface area contributed by atoms with Gasteiger partial charge in [-0.25, -0.2) is 4.79 Å². The van der Waals surface area contributed by atoms with Crippen LogP contribution in [-0.2, 0) is 17.6 Å². The Balaban J connectivity index is 1.73. The van der Waals surface area contributed by atoms with Crippen LogP contribution in [-0.4, -0.2) is 19.7 Å². The maximum Gasteiger partial charge on any atom is 0.337 e. The van der Waals surface area contributed by atoms with Gasteiger partial charge in [0.25, 0.3) is 0 Å². The minimum absolute atomic E-state index is 0.300. The average Bonchev–Trinajstić information content (AvgIpc) is 2.60. The monoisotopic (exact) mass is 312 g/mol. The first-order chi connectivity index (χ1) is 11.2. The summed E-state index contributed by atoms with van der Waals surface area (Å²) in [7, 11) is 1.39. The van der Waals surface area contributed by atoms with Gasteiger partial charge in [0.1, 0.15) is 5.75 Å². The summed E-state index contributed by atoms with van der Waals surface area (Å²) in [6, 6.07) is 15.9. The van der Waals surface area contributed by atoms with Crippen LogP contribution in [0.15, 0.2) is 48.5 Å². The van der Waals surface area contributed by atoms with Crippen molar-refractivity contribution in [2.75, 3.05) is 13.7 Å². The Morgan fingerprint density at radius 1 is 0.913 bits per heavy atom. The van der Waals surface area contributed by atoms with Crippen molar-refractivity contribution in [3.8, 4) is 5.75 Å². The summed E-state index contributed by atoms with van der Waals surface area (Å²) < 4.78 is 10.5. The largest absolute Gasteiger partial charge is 0.494 e. The van der Waals surface area contributed by atoms with Gasteiger partial charge in [-0.15, -0.1) is 0 Å². The number of ether oxygens (including phenoxy) is 2. The Morgan fingerprint density at radius 2 is 1.52 bits per heavy atom. The normalized spacial score (nSPS) is 10.3. The molecule has 0 aliphatic heterocycles. The van der Waals surface area contributed by atoms with Crippen LogP contribution >= 0.6 is 0 Å². The van der Waals surface area contributed by atoms with Crippen molar-refractivity contribution in [1.82, 2.24) is 0 Å².